The van der Waals surface area contributed by atoms with Gasteiger partial charge in [0.25, 0.3) is 0 Å². The lowest BCUT2D eigenvalue weighted by molar-refractivity contribution is 0.0724. The zero-order valence-electron chi connectivity index (χ0n) is 12.6. The van der Waals surface area contributed by atoms with Gasteiger partial charge in [0.1, 0.15) is 0 Å². The maximum absolute atomic E-state index is 12.4. The van der Waals surface area contributed by atoms with Gasteiger partial charge in [0.15, 0.2) is 0 Å². The van der Waals surface area contributed by atoms with E-state index in [1.54, 1.807) is 12.1 Å². The van der Waals surface area contributed by atoms with Gasteiger partial charge >= 0.3 is 0 Å². The van der Waals surface area contributed by atoms with E-state index in [2.05, 4.69) is 4.72 Å². The molecule has 0 spiro atoms. The summed E-state index contributed by atoms with van der Waals surface area (Å²) >= 11 is 5.98. The molecule has 5 nitrogen and oxygen atoms in total. The first-order chi connectivity index (χ1) is 10.4. The molecule has 2 N–H and O–H groups in total. The van der Waals surface area contributed by atoms with E-state index in [-0.39, 0.29) is 17.4 Å². The molecular weight excluding hydrogens is 326 g/mol. The van der Waals surface area contributed by atoms with Crippen molar-refractivity contribution in [3.05, 3.63) is 28.8 Å². The van der Waals surface area contributed by atoms with Crippen molar-refractivity contribution in [3.63, 3.8) is 0 Å². The molecule has 1 aliphatic rings. The zero-order chi connectivity index (χ0) is 16.2. The molecule has 7 heteroatoms. The van der Waals surface area contributed by atoms with Gasteiger partial charge in [0.05, 0.1) is 17.6 Å². The fraction of sp³-hybridized carbons (Fsp3) is 0.600. The van der Waals surface area contributed by atoms with Gasteiger partial charge in [-0.3, -0.25) is 0 Å². The number of rotatable bonds is 6. The summed E-state index contributed by atoms with van der Waals surface area (Å²) in [6, 6.07) is 4.64. The summed E-state index contributed by atoms with van der Waals surface area (Å²) in [5, 5.41) is 10.3. The summed E-state index contributed by atoms with van der Waals surface area (Å²) in [5.41, 5.74) is 0.702. The second kappa shape index (κ2) is 7.75. The van der Waals surface area contributed by atoms with E-state index >= 15 is 0 Å². The Labute approximate surface area is 136 Å². The smallest absolute Gasteiger partial charge is 0.240 e. The summed E-state index contributed by atoms with van der Waals surface area (Å²) in [4.78, 5) is 0.123. The minimum atomic E-state index is -3.65. The lowest BCUT2D eigenvalue weighted by atomic mass is 9.87. The third-order valence-corrected chi connectivity index (χ3v) is 5.58. The fourth-order valence-electron chi connectivity index (χ4n) is 2.75. The second-order valence-electron chi connectivity index (χ2n) is 5.69. The lowest BCUT2D eigenvalue weighted by Gasteiger charge is -2.27. The highest BCUT2D eigenvalue weighted by Gasteiger charge is 2.25. The van der Waals surface area contributed by atoms with Crippen molar-refractivity contribution in [2.75, 3.05) is 13.7 Å². The predicted octanol–water partition coefficient (Wildman–Crippen LogP) is 2.32. The minimum Gasteiger partial charge on any atom is -0.393 e. The molecule has 1 aromatic carbocycles. The van der Waals surface area contributed by atoms with Crippen LogP contribution in [-0.4, -0.2) is 33.3 Å². The van der Waals surface area contributed by atoms with Crippen LogP contribution in [0.4, 0.5) is 0 Å². The highest BCUT2D eigenvalue weighted by Crippen LogP contribution is 2.25. The highest BCUT2D eigenvalue weighted by molar-refractivity contribution is 7.89. The summed E-state index contributed by atoms with van der Waals surface area (Å²) < 4.78 is 32.4. The van der Waals surface area contributed by atoms with Crippen LogP contribution in [0.15, 0.2) is 23.1 Å². The van der Waals surface area contributed by atoms with Gasteiger partial charge in [-0.1, -0.05) is 24.4 Å². The van der Waals surface area contributed by atoms with Crippen LogP contribution in [0.1, 0.15) is 31.2 Å². The van der Waals surface area contributed by atoms with Crippen molar-refractivity contribution in [1.82, 2.24) is 4.72 Å². The Hall–Kier alpha value is -0.660. The van der Waals surface area contributed by atoms with Gasteiger partial charge in [-0.25, -0.2) is 13.1 Å². The van der Waals surface area contributed by atoms with E-state index in [0.717, 1.165) is 25.7 Å². The topological polar surface area (TPSA) is 75.6 Å². The van der Waals surface area contributed by atoms with Gasteiger partial charge < -0.3 is 9.84 Å². The molecule has 2 rings (SSSR count). The monoisotopic (exact) mass is 347 g/mol. The molecule has 0 bridgehead atoms. The molecule has 124 valence electrons. The van der Waals surface area contributed by atoms with Gasteiger partial charge in [0.2, 0.25) is 10.0 Å². The first-order valence-electron chi connectivity index (χ1n) is 7.38. The molecule has 0 heterocycles. The van der Waals surface area contributed by atoms with E-state index in [9.17, 15) is 13.5 Å². The Kier molecular flexibility index (Phi) is 6.23. The molecule has 22 heavy (non-hydrogen) atoms. The van der Waals surface area contributed by atoms with E-state index in [1.165, 1.54) is 13.2 Å². The van der Waals surface area contributed by atoms with Crippen LogP contribution < -0.4 is 4.72 Å². The number of methoxy groups -OCH3 is 1. The van der Waals surface area contributed by atoms with E-state index in [4.69, 9.17) is 16.3 Å². The van der Waals surface area contributed by atoms with Crippen LogP contribution >= 0.6 is 11.6 Å². The molecule has 0 aromatic heterocycles. The van der Waals surface area contributed by atoms with Crippen LogP contribution in [0, 0.1) is 5.92 Å². The Balaban J connectivity index is 2.09. The second-order valence-corrected chi connectivity index (χ2v) is 7.90. The summed E-state index contributed by atoms with van der Waals surface area (Å²) in [5.74, 6) is -0.0267. The molecule has 0 radical (unpaired) electrons. The molecule has 1 aromatic rings. The SMILES string of the molecule is COCc1cc(Cl)cc(S(=O)(=O)NC[C@@H]2CCCC[C@H]2O)c1. The third-order valence-electron chi connectivity index (χ3n) is 3.96. The summed E-state index contributed by atoms with van der Waals surface area (Å²) in [6.45, 7) is 0.542. The van der Waals surface area contributed by atoms with Crippen molar-refractivity contribution in [3.8, 4) is 0 Å². The van der Waals surface area contributed by atoms with E-state index in [1.807, 2.05) is 0 Å². The van der Waals surface area contributed by atoms with Crippen molar-refractivity contribution >= 4 is 21.6 Å². The van der Waals surface area contributed by atoms with Gasteiger partial charge in [-0.2, -0.15) is 0 Å². The first-order valence-corrected chi connectivity index (χ1v) is 9.24. The molecule has 0 aliphatic heterocycles. The number of ether oxygens (including phenoxy) is 1. The number of halogens is 1. The first kappa shape index (κ1) is 17.7. The number of aliphatic hydroxyl groups is 1. The molecule has 2 atom stereocenters. The largest absolute Gasteiger partial charge is 0.393 e. The molecule has 0 saturated heterocycles. The highest BCUT2D eigenvalue weighted by atomic mass is 35.5. The number of nitrogens with one attached hydrogen (secondary N) is 1. The third kappa shape index (κ3) is 4.67. The van der Waals surface area contributed by atoms with Crippen molar-refractivity contribution in [1.29, 1.82) is 0 Å². The number of hydrogen-bond acceptors (Lipinski definition) is 4. The van der Waals surface area contributed by atoms with Gasteiger partial charge in [0, 0.05) is 18.7 Å². The average molecular weight is 348 g/mol. The summed E-state index contributed by atoms with van der Waals surface area (Å²) in [6.07, 6.45) is 3.17. The molecule has 0 amide bonds. The minimum absolute atomic E-state index is 0.0267. The van der Waals surface area contributed by atoms with Crippen molar-refractivity contribution in [2.45, 2.75) is 43.3 Å². The quantitative estimate of drug-likeness (QED) is 0.828. The normalized spacial score (nSPS) is 22.7. The number of sulfonamides is 1. The van der Waals surface area contributed by atoms with Crippen LogP contribution in [-0.2, 0) is 21.4 Å². The van der Waals surface area contributed by atoms with Crippen LogP contribution in [0.2, 0.25) is 5.02 Å². The van der Waals surface area contributed by atoms with Gasteiger partial charge in [-0.05, 0) is 42.5 Å². The zero-order valence-corrected chi connectivity index (χ0v) is 14.2. The van der Waals surface area contributed by atoms with E-state index in [0.29, 0.717) is 17.2 Å². The number of hydrogen-bond donors (Lipinski definition) is 2. The van der Waals surface area contributed by atoms with Crippen molar-refractivity contribution < 1.29 is 18.3 Å². The van der Waals surface area contributed by atoms with E-state index < -0.39 is 16.1 Å². The summed E-state index contributed by atoms with van der Waals surface area (Å²) in [7, 11) is -2.11. The Morgan fingerprint density at radius 3 is 2.73 bits per heavy atom. The standard InChI is InChI=1S/C15H22ClNO4S/c1-21-10-11-6-13(16)8-14(7-11)22(19,20)17-9-12-4-2-3-5-15(12)18/h6-8,12,15,17-18H,2-5,9-10H2,1H3/t12-,15+/m0/s1. The van der Waals surface area contributed by atoms with Crippen molar-refractivity contribution in [2.24, 2.45) is 5.92 Å². The Bertz CT molecular complexity index is 606. The molecule has 1 aliphatic carbocycles. The Morgan fingerprint density at radius 2 is 2.05 bits per heavy atom. The van der Waals surface area contributed by atoms with Crippen LogP contribution in [0.3, 0.4) is 0 Å². The fourth-order valence-corrected chi connectivity index (χ4v) is 4.26. The molecular formula is C15H22ClNO4S. The number of aliphatic hydroxyl groups excluding tert-OH is 1. The molecule has 0 unspecified atom stereocenters. The van der Waals surface area contributed by atoms with Crippen LogP contribution in [0.25, 0.3) is 0 Å². The maximum atomic E-state index is 12.4. The van der Waals surface area contributed by atoms with Gasteiger partial charge in [-0.15, -0.1) is 0 Å². The number of benzene rings is 1. The predicted molar refractivity (Wildman–Crippen MR) is 85.3 cm³/mol. The average Bonchev–Trinajstić information content (AvgIpc) is 2.46. The molecule has 1 saturated carbocycles. The lowest BCUT2D eigenvalue weighted by Crippen LogP contribution is -2.36. The van der Waals surface area contributed by atoms with Crippen LogP contribution in [0.5, 0.6) is 0 Å². The molecule has 1 fully saturated rings. The maximum Gasteiger partial charge on any atom is 0.240 e. The Morgan fingerprint density at radius 1 is 1.32 bits per heavy atom.